The lowest BCUT2D eigenvalue weighted by atomic mass is 9.88. The van der Waals surface area contributed by atoms with Gasteiger partial charge in [-0.15, -0.1) is 11.3 Å². The topological polar surface area (TPSA) is 83.6 Å². The summed E-state index contributed by atoms with van der Waals surface area (Å²) in [6, 6.07) is 0. The van der Waals surface area contributed by atoms with Crippen molar-refractivity contribution in [3.63, 3.8) is 0 Å². The lowest BCUT2D eigenvalue weighted by molar-refractivity contribution is -0.141. The number of amides is 2. The SMILES string of the molecule is CCc1nc(C)c(CNC(=O)[C@H]2CNC[C@@H](C(=O)N3CCOCC3)C2)s1. The maximum atomic E-state index is 12.7. The normalized spacial score (nSPS) is 23.7. The summed E-state index contributed by atoms with van der Waals surface area (Å²) in [5.74, 6) is -0.140. The van der Waals surface area contributed by atoms with Crippen LogP contribution < -0.4 is 10.6 Å². The molecule has 144 valence electrons. The number of thiazole rings is 1. The Morgan fingerprint density at radius 2 is 2.04 bits per heavy atom. The second-order valence-electron chi connectivity index (χ2n) is 6.91. The van der Waals surface area contributed by atoms with Gasteiger partial charge in [-0.1, -0.05) is 6.92 Å². The zero-order valence-electron chi connectivity index (χ0n) is 15.5. The van der Waals surface area contributed by atoms with Crippen LogP contribution in [-0.2, 0) is 27.3 Å². The number of aryl methyl sites for hydroxylation is 2. The molecule has 2 amide bonds. The lowest BCUT2D eigenvalue weighted by Crippen LogP contribution is -2.51. The molecule has 1 aromatic heterocycles. The van der Waals surface area contributed by atoms with Gasteiger partial charge in [-0.3, -0.25) is 9.59 Å². The number of piperidine rings is 1. The molecule has 0 aromatic carbocycles. The summed E-state index contributed by atoms with van der Waals surface area (Å²) < 4.78 is 5.31. The summed E-state index contributed by atoms with van der Waals surface area (Å²) >= 11 is 1.66. The first-order valence-electron chi connectivity index (χ1n) is 9.38. The van der Waals surface area contributed by atoms with Crippen molar-refractivity contribution < 1.29 is 14.3 Å². The number of morpholine rings is 1. The van der Waals surface area contributed by atoms with E-state index in [1.54, 1.807) is 11.3 Å². The molecule has 26 heavy (non-hydrogen) atoms. The Kier molecular flexibility index (Phi) is 6.61. The molecule has 8 heteroatoms. The first-order chi connectivity index (χ1) is 12.6. The van der Waals surface area contributed by atoms with Crippen molar-refractivity contribution in [1.82, 2.24) is 20.5 Å². The van der Waals surface area contributed by atoms with Crippen LogP contribution in [0.2, 0.25) is 0 Å². The summed E-state index contributed by atoms with van der Waals surface area (Å²) in [4.78, 5) is 32.7. The van der Waals surface area contributed by atoms with Crippen LogP contribution in [0.25, 0.3) is 0 Å². The molecule has 0 bridgehead atoms. The summed E-state index contributed by atoms with van der Waals surface area (Å²) in [6.07, 6.45) is 1.52. The average Bonchev–Trinajstić information content (AvgIpc) is 3.06. The van der Waals surface area contributed by atoms with Gasteiger partial charge >= 0.3 is 0 Å². The van der Waals surface area contributed by atoms with Crippen LogP contribution in [0.5, 0.6) is 0 Å². The van der Waals surface area contributed by atoms with Crippen LogP contribution in [0, 0.1) is 18.8 Å². The molecule has 2 aliphatic rings. The molecule has 2 fully saturated rings. The zero-order valence-corrected chi connectivity index (χ0v) is 16.4. The number of hydrogen-bond acceptors (Lipinski definition) is 6. The van der Waals surface area contributed by atoms with E-state index >= 15 is 0 Å². The number of rotatable bonds is 5. The first kappa shape index (κ1) is 19.3. The van der Waals surface area contributed by atoms with Crippen LogP contribution in [-0.4, -0.2) is 61.1 Å². The molecule has 2 atom stereocenters. The van der Waals surface area contributed by atoms with Crippen LogP contribution >= 0.6 is 11.3 Å². The van der Waals surface area contributed by atoms with Crippen molar-refractivity contribution in [2.75, 3.05) is 39.4 Å². The first-order valence-corrected chi connectivity index (χ1v) is 10.2. The average molecular weight is 381 g/mol. The summed E-state index contributed by atoms with van der Waals surface area (Å²) in [6.45, 7) is 8.35. The molecule has 3 heterocycles. The van der Waals surface area contributed by atoms with Crippen LogP contribution in [0.15, 0.2) is 0 Å². The Morgan fingerprint density at radius 1 is 1.31 bits per heavy atom. The Labute approximate surface area is 158 Å². The minimum Gasteiger partial charge on any atom is -0.378 e. The number of carbonyl (C=O) groups excluding carboxylic acids is 2. The molecule has 0 aliphatic carbocycles. The van der Waals surface area contributed by atoms with Gasteiger partial charge in [0.2, 0.25) is 11.8 Å². The number of hydrogen-bond donors (Lipinski definition) is 2. The molecule has 0 unspecified atom stereocenters. The third kappa shape index (κ3) is 4.61. The molecule has 3 rings (SSSR count). The van der Waals surface area contributed by atoms with Crippen molar-refractivity contribution in [3.05, 3.63) is 15.6 Å². The van der Waals surface area contributed by atoms with E-state index in [0.29, 0.717) is 52.4 Å². The molecule has 2 saturated heterocycles. The highest BCUT2D eigenvalue weighted by Crippen LogP contribution is 2.21. The third-order valence-corrected chi connectivity index (χ3v) is 6.36. The van der Waals surface area contributed by atoms with E-state index in [4.69, 9.17) is 4.74 Å². The molecule has 0 radical (unpaired) electrons. The molecule has 1 aromatic rings. The minimum atomic E-state index is -0.169. The predicted molar refractivity (Wildman–Crippen MR) is 99.9 cm³/mol. The van der Waals surface area contributed by atoms with Gasteiger partial charge in [0.1, 0.15) is 0 Å². The summed E-state index contributed by atoms with van der Waals surface area (Å²) in [5, 5.41) is 7.39. The summed E-state index contributed by atoms with van der Waals surface area (Å²) in [7, 11) is 0. The standard InChI is InChI=1S/C18H28N4O3S/c1-3-16-21-12(2)15(26-16)11-20-17(23)13-8-14(10-19-9-13)18(24)22-4-6-25-7-5-22/h13-14,19H,3-11H2,1-2H3,(H,20,23)/t13-,14+/m1/s1. The monoisotopic (exact) mass is 380 g/mol. The molecule has 2 N–H and O–H groups in total. The van der Waals surface area contributed by atoms with Gasteiger partial charge < -0.3 is 20.3 Å². The number of aromatic nitrogens is 1. The largest absolute Gasteiger partial charge is 0.378 e. The Balaban J connectivity index is 1.52. The maximum absolute atomic E-state index is 12.7. The molecule has 0 saturated carbocycles. The van der Waals surface area contributed by atoms with E-state index < -0.39 is 0 Å². The Hall–Kier alpha value is -1.51. The van der Waals surface area contributed by atoms with Gasteiger partial charge in [-0.05, 0) is 19.8 Å². The number of carbonyl (C=O) groups is 2. The molecular weight excluding hydrogens is 352 g/mol. The molecule has 0 spiro atoms. The molecular formula is C18H28N4O3S. The predicted octanol–water partition coefficient (Wildman–Crippen LogP) is 0.715. The third-order valence-electron chi connectivity index (χ3n) is 5.06. The van der Waals surface area contributed by atoms with E-state index in [1.165, 1.54) is 0 Å². The fraction of sp³-hybridized carbons (Fsp3) is 0.722. The van der Waals surface area contributed by atoms with Gasteiger partial charge in [0.05, 0.1) is 42.3 Å². The van der Waals surface area contributed by atoms with Crippen molar-refractivity contribution in [2.45, 2.75) is 33.2 Å². The second kappa shape index (κ2) is 8.92. The highest BCUT2D eigenvalue weighted by Gasteiger charge is 2.33. The number of nitrogens with one attached hydrogen (secondary N) is 2. The van der Waals surface area contributed by atoms with Crippen LogP contribution in [0.1, 0.15) is 28.9 Å². The van der Waals surface area contributed by atoms with E-state index in [9.17, 15) is 9.59 Å². The highest BCUT2D eigenvalue weighted by atomic mass is 32.1. The lowest BCUT2D eigenvalue weighted by Gasteiger charge is -2.34. The van der Waals surface area contributed by atoms with Gasteiger partial charge in [0.15, 0.2) is 0 Å². The van der Waals surface area contributed by atoms with Gasteiger partial charge in [-0.2, -0.15) is 0 Å². The van der Waals surface area contributed by atoms with Gasteiger partial charge in [0, 0.05) is 31.1 Å². The maximum Gasteiger partial charge on any atom is 0.227 e. The van der Waals surface area contributed by atoms with Crippen LogP contribution in [0.3, 0.4) is 0 Å². The van der Waals surface area contributed by atoms with E-state index in [-0.39, 0.29) is 23.7 Å². The van der Waals surface area contributed by atoms with Crippen LogP contribution in [0.4, 0.5) is 0 Å². The van der Waals surface area contributed by atoms with Gasteiger partial charge in [-0.25, -0.2) is 4.98 Å². The van der Waals surface area contributed by atoms with Crippen molar-refractivity contribution in [3.8, 4) is 0 Å². The fourth-order valence-corrected chi connectivity index (χ4v) is 4.44. The van der Waals surface area contributed by atoms with Crippen molar-refractivity contribution >= 4 is 23.2 Å². The van der Waals surface area contributed by atoms with Crippen molar-refractivity contribution in [1.29, 1.82) is 0 Å². The van der Waals surface area contributed by atoms with E-state index in [2.05, 4.69) is 22.5 Å². The fourth-order valence-electron chi connectivity index (χ4n) is 3.49. The smallest absolute Gasteiger partial charge is 0.227 e. The minimum absolute atomic E-state index is 0.0165. The van der Waals surface area contributed by atoms with E-state index in [0.717, 1.165) is 22.0 Å². The summed E-state index contributed by atoms with van der Waals surface area (Å²) in [5.41, 5.74) is 0.995. The van der Waals surface area contributed by atoms with E-state index in [1.807, 2.05) is 11.8 Å². The highest BCUT2D eigenvalue weighted by molar-refractivity contribution is 7.11. The molecule has 7 nitrogen and oxygen atoms in total. The number of ether oxygens (including phenoxy) is 1. The zero-order chi connectivity index (χ0) is 18.5. The number of nitrogens with zero attached hydrogens (tertiary/aromatic N) is 2. The van der Waals surface area contributed by atoms with Crippen molar-refractivity contribution in [2.24, 2.45) is 11.8 Å². The second-order valence-corrected chi connectivity index (χ2v) is 8.08. The quantitative estimate of drug-likeness (QED) is 0.786. The Bertz CT molecular complexity index is 642. The Morgan fingerprint density at radius 3 is 2.73 bits per heavy atom. The van der Waals surface area contributed by atoms with Gasteiger partial charge in [0.25, 0.3) is 0 Å². The molecule has 2 aliphatic heterocycles.